The summed E-state index contributed by atoms with van der Waals surface area (Å²) in [4.78, 5) is 20.4. The lowest BCUT2D eigenvalue weighted by Gasteiger charge is -2.16. The van der Waals surface area contributed by atoms with Gasteiger partial charge in [0.2, 0.25) is 0 Å². The normalized spacial score (nSPS) is 10.3. The van der Waals surface area contributed by atoms with Crippen LogP contribution in [-0.2, 0) is 6.54 Å². The third-order valence-electron chi connectivity index (χ3n) is 2.44. The highest BCUT2D eigenvalue weighted by Gasteiger charge is 2.14. The van der Waals surface area contributed by atoms with Gasteiger partial charge in [-0.2, -0.15) is 0 Å². The van der Waals surface area contributed by atoms with Crippen molar-refractivity contribution >= 4 is 5.91 Å². The number of benzene rings is 1. The van der Waals surface area contributed by atoms with Gasteiger partial charge in [-0.15, -0.1) is 0 Å². The Kier molecular flexibility index (Phi) is 3.18. The van der Waals surface area contributed by atoms with Gasteiger partial charge >= 0.3 is 0 Å². The molecule has 0 aliphatic heterocycles. The van der Waals surface area contributed by atoms with Gasteiger partial charge in [0.05, 0.1) is 6.54 Å². The van der Waals surface area contributed by atoms with Crippen LogP contribution in [0.25, 0.3) is 0 Å². The van der Waals surface area contributed by atoms with Crippen molar-refractivity contribution in [2.24, 2.45) is 0 Å². The van der Waals surface area contributed by atoms with E-state index in [1.54, 1.807) is 19.4 Å². The fourth-order valence-corrected chi connectivity index (χ4v) is 1.62. The molecule has 1 heterocycles. The van der Waals surface area contributed by atoms with Gasteiger partial charge in [0.1, 0.15) is 17.3 Å². The molecule has 0 aliphatic rings. The molecule has 1 aromatic carbocycles. The lowest BCUT2D eigenvalue weighted by Crippen LogP contribution is -2.26. The number of aromatic amines is 1. The third kappa shape index (κ3) is 2.60. The number of imidazole rings is 1. The fourth-order valence-electron chi connectivity index (χ4n) is 1.62. The van der Waals surface area contributed by atoms with Gasteiger partial charge in [0.15, 0.2) is 0 Å². The Labute approximate surface area is 104 Å². The zero-order valence-corrected chi connectivity index (χ0v) is 9.79. The number of aromatic nitrogens is 2. The number of nitrogens with zero attached hydrogens (tertiary/aromatic N) is 2. The van der Waals surface area contributed by atoms with Crippen LogP contribution in [0, 0.1) is 0 Å². The number of hydrogen-bond acceptors (Lipinski definition) is 4. The first-order chi connectivity index (χ1) is 8.56. The first kappa shape index (κ1) is 12.0. The van der Waals surface area contributed by atoms with E-state index in [1.165, 1.54) is 23.1 Å². The van der Waals surface area contributed by atoms with E-state index in [0.29, 0.717) is 12.4 Å². The molecule has 1 aromatic heterocycles. The standard InChI is InChI=1S/C12H13N3O3/c1-15(7-11-13-2-3-14-11)12(18)8-4-9(16)6-10(17)5-8/h2-6,16-17H,7H2,1H3,(H,13,14). The molecule has 0 atom stereocenters. The van der Waals surface area contributed by atoms with E-state index in [0.717, 1.165) is 0 Å². The summed E-state index contributed by atoms with van der Waals surface area (Å²) in [6.45, 7) is 0.322. The molecule has 0 unspecified atom stereocenters. The number of carbonyl (C=O) groups excluding carboxylic acids is 1. The van der Waals surface area contributed by atoms with Crippen molar-refractivity contribution in [3.8, 4) is 11.5 Å². The molecule has 1 amide bonds. The molecular weight excluding hydrogens is 234 g/mol. The summed E-state index contributed by atoms with van der Waals surface area (Å²) in [6, 6.07) is 3.78. The van der Waals surface area contributed by atoms with Crippen LogP contribution < -0.4 is 0 Å². The molecule has 2 rings (SSSR count). The summed E-state index contributed by atoms with van der Waals surface area (Å²) in [6.07, 6.45) is 3.28. The molecule has 3 N–H and O–H groups in total. The summed E-state index contributed by atoms with van der Waals surface area (Å²) >= 11 is 0. The average Bonchev–Trinajstić information content (AvgIpc) is 2.79. The second-order valence-corrected chi connectivity index (χ2v) is 3.94. The zero-order valence-electron chi connectivity index (χ0n) is 9.79. The van der Waals surface area contributed by atoms with E-state index in [-0.39, 0.29) is 23.0 Å². The first-order valence-electron chi connectivity index (χ1n) is 5.33. The Balaban J connectivity index is 2.15. The van der Waals surface area contributed by atoms with Crippen molar-refractivity contribution < 1.29 is 15.0 Å². The lowest BCUT2D eigenvalue weighted by molar-refractivity contribution is 0.0781. The monoisotopic (exact) mass is 247 g/mol. The molecular formula is C12H13N3O3. The summed E-state index contributed by atoms with van der Waals surface area (Å²) in [5.74, 6) is 0.0577. The molecule has 0 saturated heterocycles. The largest absolute Gasteiger partial charge is 0.508 e. The molecule has 0 fully saturated rings. The number of carbonyl (C=O) groups is 1. The average molecular weight is 247 g/mol. The van der Waals surface area contributed by atoms with Gasteiger partial charge in [0.25, 0.3) is 5.91 Å². The van der Waals surface area contributed by atoms with Gasteiger partial charge in [-0.05, 0) is 12.1 Å². The Hall–Kier alpha value is -2.50. The van der Waals surface area contributed by atoms with Gasteiger partial charge in [-0.3, -0.25) is 4.79 Å². The van der Waals surface area contributed by atoms with E-state index in [9.17, 15) is 15.0 Å². The van der Waals surface area contributed by atoms with E-state index >= 15 is 0 Å². The van der Waals surface area contributed by atoms with Crippen LogP contribution >= 0.6 is 0 Å². The van der Waals surface area contributed by atoms with Crippen LogP contribution in [0.1, 0.15) is 16.2 Å². The number of rotatable bonds is 3. The smallest absolute Gasteiger partial charge is 0.254 e. The molecule has 0 radical (unpaired) electrons. The van der Waals surface area contributed by atoms with Gasteiger partial charge in [-0.25, -0.2) is 4.98 Å². The summed E-state index contributed by atoms with van der Waals surface area (Å²) < 4.78 is 0. The summed E-state index contributed by atoms with van der Waals surface area (Å²) in [5.41, 5.74) is 0.224. The summed E-state index contributed by atoms with van der Waals surface area (Å²) in [5, 5.41) is 18.7. The highest BCUT2D eigenvalue weighted by molar-refractivity contribution is 5.94. The van der Waals surface area contributed by atoms with Gasteiger partial charge in [-0.1, -0.05) is 0 Å². The van der Waals surface area contributed by atoms with Crippen LogP contribution in [0.15, 0.2) is 30.6 Å². The minimum atomic E-state index is -0.308. The van der Waals surface area contributed by atoms with Crippen LogP contribution in [0.2, 0.25) is 0 Å². The van der Waals surface area contributed by atoms with Crippen molar-refractivity contribution in [2.45, 2.75) is 6.54 Å². The van der Waals surface area contributed by atoms with Gasteiger partial charge in [0, 0.05) is 31.1 Å². The maximum Gasteiger partial charge on any atom is 0.254 e. The Morgan fingerprint density at radius 3 is 2.56 bits per heavy atom. The van der Waals surface area contributed by atoms with Crippen LogP contribution in [-0.4, -0.2) is 38.0 Å². The van der Waals surface area contributed by atoms with E-state index in [4.69, 9.17) is 0 Å². The molecule has 0 bridgehead atoms. The number of phenols is 2. The third-order valence-corrected chi connectivity index (χ3v) is 2.44. The van der Waals surface area contributed by atoms with Crippen molar-refractivity contribution in [1.29, 1.82) is 0 Å². The van der Waals surface area contributed by atoms with Crippen LogP contribution in [0.4, 0.5) is 0 Å². The van der Waals surface area contributed by atoms with E-state index in [1.807, 2.05) is 0 Å². The number of nitrogens with one attached hydrogen (secondary N) is 1. The topological polar surface area (TPSA) is 89.5 Å². The van der Waals surface area contributed by atoms with Crippen molar-refractivity contribution in [3.05, 3.63) is 42.0 Å². The number of aromatic hydroxyl groups is 2. The second kappa shape index (κ2) is 4.79. The highest BCUT2D eigenvalue weighted by Crippen LogP contribution is 2.21. The molecule has 0 aliphatic carbocycles. The maximum absolute atomic E-state index is 12.0. The molecule has 6 heteroatoms. The minimum absolute atomic E-state index is 0.148. The predicted octanol–water partition coefficient (Wildman–Crippen LogP) is 1.09. The first-order valence-corrected chi connectivity index (χ1v) is 5.33. The van der Waals surface area contributed by atoms with Gasteiger partial charge < -0.3 is 20.1 Å². The maximum atomic E-state index is 12.0. The fraction of sp³-hybridized carbons (Fsp3) is 0.167. The second-order valence-electron chi connectivity index (χ2n) is 3.94. The van der Waals surface area contributed by atoms with Crippen LogP contribution in [0.5, 0.6) is 11.5 Å². The van der Waals surface area contributed by atoms with Crippen molar-refractivity contribution in [1.82, 2.24) is 14.9 Å². The van der Waals surface area contributed by atoms with Crippen molar-refractivity contribution in [2.75, 3.05) is 7.05 Å². The number of amides is 1. The van der Waals surface area contributed by atoms with Crippen LogP contribution in [0.3, 0.4) is 0 Å². The summed E-state index contributed by atoms with van der Waals surface area (Å²) in [7, 11) is 1.62. The number of hydrogen-bond donors (Lipinski definition) is 3. The SMILES string of the molecule is CN(Cc1ncc[nH]1)C(=O)c1cc(O)cc(O)c1. The highest BCUT2D eigenvalue weighted by atomic mass is 16.3. The molecule has 18 heavy (non-hydrogen) atoms. The Morgan fingerprint density at radius 2 is 2.00 bits per heavy atom. The molecule has 94 valence electrons. The zero-order chi connectivity index (χ0) is 13.1. The molecule has 6 nitrogen and oxygen atoms in total. The lowest BCUT2D eigenvalue weighted by atomic mass is 10.2. The Bertz CT molecular complexity index is 531. The van der Waals surface area contributed by atoms with E-state index in [2.05, 4.69) is 9.97 Å². The number of phenolic OH excluding ortho intramolecular Hbond substituents is 2. The molecule has 0 saturated carbocycles. The minimum Gasteiger partial charge on any atom is -0.508 e. The molecule has 0 spiro atoms. The number of H-pyrrole nitrogens is 1. The molecule has 2 aromatic rings. The predicted molar refractivity (Wildman–Crippen MR) is 64.2 cm³/mol. The van der Waals surface area contributed by atoms with Crippen molar-refractivity contribution in [3.63, 3.8) is 0 Å². The Morgan fingerprint density at radius 1 is 1.33 bits per heavy atom. The van der Waals surface area contributed by atoms with E-state index < -0.39 is 0 Å². The quantitative estimate of drug-likeness (QED) is 0.757.